The van der Waals surface area contributed by atoms with Crippen LogP contribution in [0, 0.1) is 6.92 Å². The minimum absolute atomic E-state index is 0.150. The minimum atomic E-state index is -0.150. The van der Waals surface area contributed by atoms with Crippen molar-refractivity contribution < 1.29 is 14.2 Å². The molecule has 3 heteroatoms. The highest BCUT2D eigenvalue weighted by Crippen LogP contribution is 2.38. The summed E-state index contributed by atoms with van der Waals surface area (Å²) in [6.45, 7) is 4.70. The fraction of sp³-hybridized carbons (Fsp3) is 0.263. The Morgan fingerprint density at radius 3 is 2.55 bits per heavy atom. The van der Waals surface area contributed by atoms with Crippen molar-refractivity contribution in [3.8, 4) is 11.5 Å². The van der Waals surface area contributed by atoms with E-state index < -0.39 is 0 Å². The lowest BCUT2D eigenvalue weighted by molar-refractivity contribution is 0.228. The Morgan fingerprint density at radius 2 is 1.86 bits per heavy atom. The van der Waals surface area contributed by atoms with Crippen LogP contribution in [0.4, 0.5) is 0 Å². The van der Waals surface area contributed by atoms with Crippen molar-refractivity contribution in [1.29, 1.82) is 0 Å². The molecule has 2 aromatic rings. The van der Waals surface area contributed by atoms with Crippen LogP contribution in [0.1, 0.15) is 29.7 Å². The van der Waals surface area contributed by atoms with Crippen LogP contribution >= 0.6 is 0 Å². The molecule has 0 bridgehead atoms. The van der Waals surface area contributed by atoms with Crippen LogP contribution in [0.2, 0.25) is 0 Å². The second kappa shape index (κ2) is 6.14. The maximum absolute atomic E-state index is 6.13. The van der Waals surface area contributed by atoms with Gasteiger partial charge in [0.1, 0.15) is 23.4 Å². The van der Waals surface area contributed by atoms with Gasteiger partial charge >= 0.3 is 0 Å². The van der Waals surface area contributed by atoms with Crippen LogP contribution < -0.4 is 9.47 Å². The maximum atomic E-state index is 6.13. The quantitative estimate of drug-likeness (QED) is 0.830. The molecule has 1 heterocycles. The summed E-state index contributed by atoms with van der Waals surface area (Å²) in [6.07, 6.45) is 1.88. The third-order valence-electron chi connectivity index (χ3n) is 3.70. The number of benzene rings is 2. The van der Waals surface area contributed by atoms with E-state index in [9.17, 15) is 0 Å². The third kappa shape index (κ3) is 2.80. The molecular weight excluding hydrogens is 276 g/mol. The van der Waals surface area contributed by atoms with E-state index in [1.807, 2.05) is 43.3 Å². The predicted octanol–water partition coefficient (Wildman–Crippen LogP) is 4.51. The summed E-state index contributed by atoms with van der Waals surface area (Å²) in [7, 11) is 1.66. The molecule has 1 unspecified atom stereocenters. The maximum Gasteiger partial charge on any atom is 0.146 e. The summed E-state index contributed by atoms with van der Waals surface area (Å²) < 4.78 is 17.1. The van der Waals surface area contributed by atoms with Crippen LogP contribution in [0.3, 0.4) is 0 Å². The number of methoxy groups -OCH3 is 1. The lowest BCUT2D eigenvalue weighted by atomic mass is 10.0. The summed E-state index contributed by atoms with van der Waals surface area (Å²) in [4.78, 5) is 0. The first-order chi connectivity index (χ1) is 10.7. The van der Waals surface area contributed by atoms with E-state index in [0.717, 1.165) is 28.4 Å². The van der Waals surface area contributed by atoms with Gasteiger partial charge in [0.15, 0.2) is 0 Å². The second-order valence-corrected chi connectivity index (χ2v) is 5.28. The summed E-state index contributed by atoms with van der Waals surface area (Å²) in [5, 5.41) is 0. The highest BCUT2D eigenvalue weighted by atomic mass is 16.5. The summed E-state index contributed by atoms with van der Waals surface area (Å²) in [5.74, 6) is 2.58. The fourth-order valence-corrected chi connectivity index (χ4v) is 2.58. The Morgan fingerprint density at radius 1 is 1.09 bits per heavy atom. The zero-order chi connectivity index (χ0) is 15.5. The van der Waals surface area contributed by atoms with Gasteiger partial charge in [-0.25, -0.2) is 0 Å². The van der Waals surface area contributed by atoms with E-state index in [0.29, 0.717) is 6.61 Å². The first-order valence-corrected chi connectivity index (χ1v) is 7.47. The topological polar surface area (TPSA) is 27.7 Å². The molecule has 0 radical (unpaired) electrons. The number of fused-ring (bicyclic) bond motifs is 1. The smallest absolute Gasteiger partial charge is 0.146 e. The first-order valence-electron chi connectivity index (χ1n) is 7.47. The molecule has 0 aliphatic carbocycles. The Kier molecular flexibility index (Phi) is 4.05. The number of rotatable bonds is 4. The van der Waals surface area contributed by atoms with Gasteiger partial charge < -0.3 is 14.2 Å². The number of ether oxygens (including phenoxy) is 3. The molecule has 2 aromatic carbocycles. The van der Waals surface area contributed by atoms with Crippen LogP contribution in [0.15, 0.2) is 48.5 Å². The third-order valence-corrected chi connectivity index (χ3v) is 3.70. The molecule has 1 aliphatic heterocycles. The average molecular weight is 296 g/mol. The highest BCUT2D eigenvalue weighted by molar-refractivity contribution is 5.69. The Bertz CT molecular complexity index is 686. The van der Waals surface area contributed by atoms with Crippen molar-refractivity contribution in [2.75, 3.05) is 13.7 Å². The zero-order valence-electron chi connectivity index (χ0n) is 13.1. The van der Waals surface area contributed by atoms with Gasteiger partial charge in [0, 0.05) is 6.08 Å². The Balaban J connectivity index is 1.97. The van der Waals surface area contributed by atoms with E-state index >= 15 is 0 Å². The second-order valence-electron chi connectivity index (χ2n) is 5.28. The lowest BCUT2D eigenvalue weighted by Crippen LogP contribution is -2.13. The van der Waals surface area contributed by atoms with Gasteiger partial charge in [-0.05, 0) is 43.7 Å². The molecule has 0 saturated heterocycles. The van der Waals surface area contributed by atoms with Gasteiger partial charge in [0.2, 0.25) is 0 Å². The van der Waals surface area contributed by atoms with Gasteiger partial charge in [0.05, 0.1) is 19.3 Å². The lowest BCUT2D eigenvalue weighted by Gasteiger charge is -2.26. The predicted molar refractivity (Wildman–Crippen MR) is 87.1 cm³/mol. The SMILES string of the molecule is CCOC1=CC(c2ccc(OC)cc2)Oc2ccc(C)cc21. The standard InChI is InChI=1S/C19H20O3/c1-4-21-19-12-18(14-6-8-15(20-3)9-7-14)22-17-10-5-13(2)11-16(17)19/h5-12,18H,4H2,1-3H3. The van der Waals surface area contributed by atoms with Crippen molar-refractivity contribution in [1.82, 2.24) is 0 Å². The van der Waals surface area contributed by atoms with Crippen molar-refractivity contribution in [3.63, 3.8) is 0 Å². The number of aryl methyl sites for hydroxylation is 1. The van der Waals surface area contributed by atoms with Gasteiger partial charge in [-0.2, -0.15) is 0 Å². The van der Waals surface area contributed by atoms with Crippen molar-refractivity contribution >= 4 is 5.76 Å². The molecule has 0 spiro atoms. The molecular formula is C19H20O3. The highest BCUT2D eigenvalue weighted by Gasteiger charge is 2.23. The molecule has 0 amide bonds. The average Bonchev–Trinajstić information content (AvgIpc) is 2.55. The molecule has 0 N–H and O–H groups in total. The van der Waals surface area contributed by atoms with Gasteiger partial charge in [0.25, 0.3) is 0 Å². The molecule has 1 atom stereocenters. The molecule has 114 valence electrons. The van der Waals surface area contributed by atoms with E-state index in [1.165, 1.54) is 5.56 Å². The summed E-state index contributed by atoms with van der Waals surface area (Å²) in [6, 6.07) is 14.1. The van der Waals surface area contributed by atoms with E-state index in [2.05, 4.69) is 19.1 Å². The summed E-state index contributed by atoms with van der Waals surface area (Å²) >= 11 is 0. The monoisotopic (exact) mass is 296 g/mol. The molecule has 3 nitrogen and oxygen atoms in total. The normalized spacial score (nSPS) is 16.3. The Hall–Kier alpha value is -2.42. The molecule has 1 aliphatic rings. The molecule has 0 saturated carbocycles. The van der Waals surface area contributed by atoms with Crippen LogP contribution in [0.25, 0.3) is 5.76 Å². The number of hydrogen-bond donors (Lipinski definition) is 0. The summed E-state index contributed by atoms with van der Waals surface area (Å²) in [5.41, 5.74) is 3.28. The van der Waals surface area contributed by atoms with Gasteiger partial charge in [-0.15, -0.1) is 0 Å². The molecule has 0 aromatic heterocycles. The van der Waals surface area contributed by atoms with Gasteiger partial charge in [-0.3, -0.25) is 0 Å². The molecule has 22 heavy (non-hydrogen) atoms. The molecule has 0 fully saturated rings. The van der Waals surface area contributed by atoms with Crippen molar-refractivity contribution in [2.45, 2.75) is 20.0 Å². The van der Waals surface area contributed by atoms with E-state index in [4.69, 9.17) is 14.2 Å². The van der Waals surface area contributed by atoms with Crippen molar-refractivity contribution in [2.24, 2.45) is 0 Å². The van der Waals surface area contributed by atoms with Crippen LogP contribution in [-0.4, -0.2) is 13.7 Å². The zero-order valence-corrected chi connectivity index (χ0v) is 13.1. The largest absolute Gasteiger partial charge is 0.497 e. The number of hydrogen-bond acceptors (Lipinski definition) is 3. The Labute approximate surface area is 131 Å². The van der Waals surface area contributed by atoms with Crippen molar-refractivity contribution in [3.05, 3.63) is 65.2 Å². The van der Waals surface area contributed by atoms with Gasteiger partial charge in [-0.1, -0.05) is 23.8 Å². The molecule has 3 rings (SSSR count). The fourth-order valence-electron chi connectivity index (χ4n) is 2.58. The van der Waals surface area contributed by atoms with Crippen LogP contribution in [0.5, 0.6) is 11.5 Å². The van der Waals surface area contributed by atoms with E-state index in [1.54, 1.807) is 7.11 Å². The van der Waals surface area contributed by atoms with E-state index in [-0.39, 0.29) is 6.10 Å². The first kappa shape index (κ1) is 14.5. The minimum Gasteiger partial charge on any atom is -0.497 e. The van der Waals surface area contributed by atoms with Crippen LogP contribution in [-0.2, 0) is 4.74 Å².